The number of pyridine rings is 1. The van der Waals surface area contributed by atoms with Crippen LogP contribution in [0.2, 0.25) is 0 Å². The topological polar surface area (TPSA) is 62.0 Å². The predicted octanol–water partition coefficient (Wildman–Crippen LogP) is 1.69. The molecular formula is C13H18N2O2. The number of amides is 1. The molecule has 0 bridgehead atoms. The third-order valence-electron chi connectivity index (χ3n) is 3.50. The number of aromatic amines is 1. The molecule has 0 radical (unpaired) electrons. The summed E-state index contributed by atoms with van der Waals surface area (Å²) in [6, 6.07) is 4.60. The van der Waals surface area contributed by atoms with Crippen molar-refractivity contribution in [3.8, 4) is 0 Å². The maximum atomic E-state index is 11.8. The number of carbonyl (C=O) groups excluding carboxylic acids is 1. The zero-order valence-electron chi connectivity index (χ0n) is 10.1. The van der Waals surface area contributed by atoms with Gasteiger partial charge in [0.1, 0.15) is 5.69 Å². The van der Waals surface area contributed by atoms with Gasteiger partial charge in [-0.2, -0.15) is 0 Å². The molecule has 1 amide bonds. The largest absolute Gasteiger partial charge is 0.350 e. The lowest BCUT2D eigenvalue weighted by molar-refractivity contribution is 0.0929. The van der Waals surface area contributed by atoms with Crippen molar-refractivity contribution in [3.63, 3.8) is 0 Å². The molecule has 1 saturated carbocycles. The van der Waals surface area contributed by atoms with Crippen molar-refractivity contribution in [3.05, 3.63) is 34.2 Å². The van der Waals surface area contributed by atoms with Crippen molar-refractivity contribution in [1.29, 1.82) is 0 Å². The molecule has 2 rings (SSSR count). The van der Waals surface area contributed by atoms with Crippen LogP contribution in [0.25, 0.3) is 0 Å². The minimum absolute atomic E-state index is 0.198. The zero-order valence-corrected chi connectivity index (χ0v) is 10.1. The second-order valence-corrected chi connectivity index (χ2v) is 5.13. The summed E-state index contributed by atoms with van der Waals surface area (Å²) in [6.07, 6.45) is 4.82. The van der Waals surface area contributed by atoms with Crippen LogP contribution in [-0.4, -0.2) is 17.4 Å². The van der Waals surface area contributed by atoms with E-state index in [0.29, 0.717) is 12.2 Å². The van der Waals surface area contributed by atoms with E-state index in [1.54, 1.807) is 12.1 Å². The Labute approximate surface area is 100 Å². The maximum Gasteiger partial charge on any atom is 0.267 e. The Kier molecular flexibility index (Phi) is 3.31. The minimum atomic E-state index is -0.246. The van der Waals surface area contributed by atoms with E-state index in [9.17, 15) is 9.59 Å². The van der Waals surface area contributed by atoms with Gasteiger partial charge >= 0.3 is 0 Å². The Balaban J connectivity index is 1.95. The van der Waals surface area contributed by atoms with Gasteiger partial charge in [-0.3, -0.25) is 9.59 Å². The van der Waals surface area contributed by atoms with E-state index in [2.05, 4.69) is 17.2 Å². The third-order valence-corrected chi connectivity index (χ3v) is 3.50. The predicted molar refractivity (Wildman–Crippen MR) is 66.0 cm³/mol. The van der Waals surface area contributed by atoms with Crippen molar-refractivity contribution >= 4 is 5.91 Å². The zero-order chi connectivity index (χ0) is 12.3. The summed E-state index contributed by atoms with van der Waals surface area (Å²) in [5.41, 5.74) is 0.314. The molecule has 1 aliphatic carbocycles. The van der Waals surface area contributed by atoms with E-state index in [0.717, 1.165) is 0 Å². The molecule has 0 unspecified atom stereocenters. The maximum absolute atomic E-state index is 11.8. The molecule has 4 nitrogen and oxygen atoms in total. The van der Waals surface area contributed by atoms with Crippen molar-refractivity contribution in [2.75, 3.05) is 6.54 Å². The molecule has 0 spiro atoms. The van der Waals surface area contributed by atoms with E-state index < -0.39 is 0 Å². The average Bonchev–Trinajstić information content (AvgIpc) is 2.74. The van der Waals surface area contributed by atoms with Crippen LogP contribution in [0.15, 0.2) is 23.0 Å². The molecule has 0 aromatic carbocycles. The molecular weight excluding hydrogens is 216 g/mol. The Morgan fingerprint density at radius 3 is 2.76 bits per heavy atom. The van der Waals surface area contributed by atoms with E-state index in [1.165, 1.54) is 31.7 Å². The van der Waals surface area contributed by atoms with Gasteiger partial charge in [0.05, 0.1) is 0 Å². The standard InChI is InChI=1S/C13H18N2O2/c1-13(7-2-3-8-13)9-14-12(17)10-5-4-6-11(16)15-10/h4-6H,2-3,7-9H2,1H3,(H,14,17)(H,15,16). The van der Waals surface area contributed by atoms with Crippen molar-refractivity contribution in [2.24, 2.45) is 5.41 Å². The highest BCUT2D eigenvalue weighted by molar-refractivity contribution is 5.92. The summed E-state index contributed by atoms with van der Waals surface area (Å²) in [6.45, 7) is 2.89. The summed E-state index contributed by atoms with van der Waals surface area (Å²) in [4.78, 5) is 25.4. The SMILES string of the molecule is CC1(CNC(=O)c2cccc(=O)[nH]2)CCCC1. The van der Waals surface area contributed by atoms with Crippen molar-refractivity contribution in [1.82, 2.24) is 10.3 Å². The Hall–Kier alpha value is -1.58. The van der Waals surface area contributed by atoms with Crippen LogP contribution in [0.4, 0.5) is 0 Å². The lowest BCUT2D eigenvalue weighted by Gasteiger charge is -2.23. The van der Waals surface area contributed by atoms with Gasteiger partial charge in [-0.05, 0) is 24.3 Å². The van der Waals surface area contributed by atoms with Gasteiger partial charge in [0.25, 0.3) is 5.91 Å². The summed E-state index contributed by atoms with van der Waals surface area (Å²) in [5.74, 6) is -0.198. The third kappa shape index (κ3) is 2.96. The van der Waals surface area contributed by atoms with Crippen LogP contribution in [0.1, 0.15) is 43.1 Å². The van der Waals surface area contributed by atoms with Crippen LogP contribution < -0.4 is 10.9 Å². The number of rotatable bonds is 3. The van der Waals surface area contributed by atoms with E-state index in [1.807, 2.05) is 0 Å². The number of H-pyrrole nitrogens is 1. The van der Waals surface area contributed by atoms with Crippen molar-refractivity contribution < 1.29 is 4.79 Å². The molecule has 1 aromatic rings. The molecule has 0 saturated heterocycles. The quantitative estimate of drug-likeness (QED) is 0.836. The van der Waals surface area contributed by atoms with Crippen LogP contribution in [0.3, 0.4) is 0 Å². The molecule has 4 heteroatoms. The normalized spacial score (nSPS) is 17.9. The van der Waals surface area contributed by atoms with E-state index >= 15 is 0 Å². The Morgan fingerprint density at radius 1 is 1.41 bits per heavy atom. The molecule has 0 atom stereocenters. The van der Waals surface area contributed by atoms with Gasteiger partial charge in [0.2, 0.25) is 5.56 Å². The van der Waals surface area contributed by atoms with Gasteiger partial charge in [-0.1, -0.05) is 25.8 Å². The lowest BCUT2D eigenvalue weighted by atomic mass is 9.89. The number of hydrogen-bond acceptors (Lipinski definition) is 2. The average molecular weight is 234 g/mol. The molecule has 1 heterocycles. The number of nitrogens with one attached hydrogen (secondary N) is 2. The molecule has 1 fully saturated rings. The van der Waals surface area contributed by atoms with Gasteiger partial charge in [0, 0.05) is 12.6 Å². The second kappa shape index (κ2) is 4.73. The summed E-state index contributed by atoms with van der Waals surface area (Å²) < 4.78 is 0. The van der Waals surface area contributed by atoms with Crippen LogP contribution in [-0.2, 0) is 0 Å². The summed E-state index contributed by atoms with van der Waals surface area (Å²) in [7, 11) is 0. The first-order chi connectivity index (χ1) is 8.09. The summed E-state index contributed by atoms with van der Waals surface area (Å²) in [5, 5.41) is 2.90. The molecule has 2 N–H and O–H groups in total. The smallest absolute Gasteiger partial charge is 0.267 e. The molecule has 1 aliphatic rings. The molecule has 0 aliphatic heterocycles. The second-order valence-electron chi connectivity index (χ2n) is 5.13. The first kappa shape index (κ1) is 11.9. The Bertz CT molecular complexity index is 458. The van der Waals surface area contributed by atoms with Crippen LogP contribution >= 0.6 is 0 Å². The number of aromatic nitrogens is 1. The first-order valence-electron chi connectivity index (χ1n) is 6.07. The highest BCUT2D eigenvalue weighted by atomic mass is 16.2. The highest BCUT2D eigenvalue weighted by Crippen LogP contribution is 2.36. The fourth-order valence-electron chi connectivity index (χ4n) is 2.37. The Morgan fingerprint density at radius 2 is 2.12 bits per heavy atom. The van der Waals surface area contributed by atoms with Gasteiger partial charge in [-0.25, -0.2) is 0 Å². The molecule has 1 aromatic heterocycles. The molecule has 92 valence electrons. The van der Waals surface area contributed by atoms with Gasteiger partial charge < -0.3 is 10.3 Å². The first-order valence-corrected chi connectivity index (χ1v) is 6.07. The molecule has 17 heavy (non-hydrogen) atoms. The van der Waals surface area contributed by atoms with Gasteiger partial charge in [-0.15, -0.1) is 0 Å². The van der Waals surface area contributed by atoms with E-state index in [-0.39, 0.29) is 16.9 Å². The monoisotopic (exact) mass is 234 g/mol. The van der Waals surface area contributed by atoms with Gasteiger partial charge in [0.15, 0.2) is 0 Å². The van der Waals surface area contributed by atoms with E-state index in [4.69, 9.17) is 0 Å². The van der Waals surface area contributed by atoms with Crippen LogP contribution in [0, 0.1) is 5.41 Å². The van der Waals surface area contributed by atoms with Crippen LogP contribution in [0.5, 0.6) is 0 Å². The fourth-order valence-corrected chi connectivity index (χ4v) is 2.37. The fraction of sp³-hybridized carbons (Fsp3) is 0.538. The summed E-state index contributed by atoms with van der Waals surface area (Å²) >= 11 is 0. The number of hydrogen-bond donors (Lipinski definition) is 2. The minimum Gasteiger partial charge on any atom is -0.350 e. The lowest BCUT2D eigenvalue weighted by Crippen LogP contribution is -2.35. The highest BCUT2D eigenvalue weighted by Gasteiger charge is 2.28. The number of carbonyl (C=O) groups is 1. The van der Waals surface area contributed by atoms with Crippen molar-refractivity contribution in [2.45, 2.75) is 32.6 Å².